The Kier molecular flexibility index (Phi) is 5.22. The second-order valence-electron chi connectivity index (χ2n) is 7.36. The normalized spacial score (nSPS) is 27.4. The van der Waals surface area contributed by atoms with E-state index in [-0.39, 0.29) is 40.2 Å². The van der Waals surface area contributed by atoms with Gasteiger partial charge in [0.15, 0.2) is 29.1 Å². The Morgan fingerprint density at radius 3 is 2.65 bits per heavy atom. The first-order valence-electron chi connectivity index (χ1n) is 8.14. The molecular formula is C17H19F3N2O2S2. The number of ether oxygens (including phenoxy) is 1. The summed E-state index contributed by atoms with van der Waals surface area (Å²) in [6.45, 7) is 6.99. The number of halogens is 3. The molecule has 1 saturated carbocycles. The number of amidine groups is 1. The molecule has 0 spiro atoms. The maximum absolute atomic E-state index is 14.3. The van der Waals surface area contributed by atoms with Crippen LogP contribution in [0.4, 0.5) is 17.5 Å². The SMILES string of the molecule is C[C@@H]1C2SC(N(SF)C(=O)OC(C)(C)C)=NC(c3cccc(F)c3F)C21. The molecule has 1 fully saturated rings. The first kappa shape index (κ1) is 19.4. The van der Waals surface area contributed by atoms with E-state index in [2.05, 4.69) is 4.99 Å². The van der Waals surface area contributed by atoms with Crippen molar-refractivity contribution in [3.05, 3.63) is 35.4 Å². The largest absolute Gasteiger partial charge is 0.443 e. The van der Waals surface area contributed by atoms with E-state index in [9.17, 15) is 17.5 Å². The summed E-state index contributed by atoms with van der Waals surface area (Å²) in [6.07, 6.45) is -0.888. The number of hydrogen-bond acceptors (Lipinski definition) is 5. The van der Waals surface area contributed by atoms with Crippen LogP contribution in [0.5, 0.6) is 0 Å². The van der Waals surface area contributed by atoms with E-state index in [1.165, 1.54) is 23.9 Å². The van der Waals surface area contributed by atoms with Gasteiger partial charge in [-0.1, -0.05) is 30.8 Å². The van der Waals surface area contributed by atoms with Crippen LogP contribution in [0.15, 0.2) is 23.2 Å². The number of carbonyl (C=O) groups excluding carboxylic acids is 1. The molecule has 1 amide bonds. The van der Waals surface area contributed by atoms with Crippen molar-refractivity contribution >= 4 is 35.4 Å². The Hall–Kier alpha value is -1.35. The Balaban J connectivity index is 1.93. The Morgan fingerprint density at radius 1 is 1.35 bits per heavy atom. The van der Waals surface area contributed by atoms with Gasteiger partial charge in [-0.3, -0.25) is 4.99 Å². The van der Waals surface area contributed by atoms with Gasteiger partial charge < -0.3 is 4.74 Å². The number of carbonyl (C=O) groups is 1. The fourth-order valence-corrected chi connectivity index (χ4v) is 4.89. The zero-order valence-electron chi connectivity index (χ0n) is 14.7. The van der Waals surface area contributed by atoms with Crippen molar-refractivity contribution in [1.29, 1.82) is 0 Å². The van der Waals surface area contributed by atoms with E-state index in [1.54, 1.807) is 20.8 Å². The van der Waals surface area contributed by atoms with Crippen LogP contribution in [0.1, 0.15) is 39.3 Å². The number of rotatable bonds is 2. The molecule has 3 unspecified atom stereocenters. The van der Waals surface area contributed by atoms with Gasteiger partial charge >= 0.3 is 6.09 Å². The molecule has 4 nitrogen and oxygen atoms in total. The molecule has 1 aromatic rings. The fraction of sp³-hybridized carbons (Fsp3) is 0.529. The summed E-state index contributed by atoms with van der Waals surface area (Å²) in [4.78, 5) is 16.7. The zero-order chi connectivity index (χ0) is 19.2. The van der Waals surface area contributed by atoms with Crippen LogP contribution in [0.2, 0.25) is 0 Å². The van der Waals surface area contributed by atoms with Gasteiger partial charge in [0.1, 0.15) is 5.60 Å². The van der Waals surface area contributed by atoms with Crippen molar-refractivity contribution in [2.75, 3.05) is 0 Å². The van der Waals surface area contributed by atoms with Crippen molar-refractivity contribution in [1.82, 2.24) is 4.31 Å². The number of aliphatic imine (C=N–C) groups is 1. The number of benzene rings is 1. The quantitative estimate of drug-likeness (QED) is 0.609. The van der Waals surface area contributed by atoms with Gasteiger partial charge in [-0.2, -0.15) is 4.31 Å². The average molecular weight is 404 g/mol. The standard InChI is InChI=1S/C17H19F3N2O2S2/c1-8-11-13(9-6-5-7-10(18)12(9)19)21-15(25-14(8)11)22(26-20)16(23)24-17(2,3)4/h5-8,11,13-14H,1-4H3/t8-,11?,13?,14?/m0/s1. The Bertz CT molecular complexity index is 754. The number of hydrogen-bond donors (Lipinski definition) is 0. The molecule has 1 aliphatic heterocycles. The number of fused-ring (bicyclic) bond motifs is 1. The van der Waals surface area contributed by atoms with Crippen molar-refractivity contribution in [2.45, 2.75) is 44.6 Å². The summed E-state index contributed by atoms with van der Waals surface area (Å²) in [5, 5.41) is 0.165. The predicted octanol–water partition coefficient (Wildman–Crippen LogP) is 5.51. The van der Waals surface area contributed by atoms with E-state index in [0.717, 1.165) is 10.4 Å². The molecule has 26 heavy (non-hydrogen) atoms. The van der Waals surface area contributed by atoms with Crippen molar-refractivity contribution in [2.24, 2.45) is 16.8 Å². The molecule has 0 aromatic heterocycles. The summed E-state index contributed by atoms with van der Waals surface area (Å²) in [6, 6.07) is 3.27. The lowest BCUT2D eigenvalue weighted by Crippen LogP contribution is -2.36. The molecule has 4 atom stereocenters. The third-order valence-electron chi connectivity index (χ3n) is 4.32. The monoisotopic (exact) mass is 404 g/mol. The van der Waals surface area contributed by atoms with Gasteiger partial charge in [0.25, 0.3) is 0 Å². The topological polar surface area (TPSA) is 41.9 Å². The highest BCUT2D eigenvalue weighted by atomic mass is 32.2. The van der Waals surface area contributed by atoms with Crippen LogP contribution in [-0.4, -0.2) is 26.4 Å². The van der Waals surface area contributed by atoms with E-state index in [4.69, 9.17) is 4.74 Å². The van der Waals surface area contributed by atoms with Gasteiger partial charge in [0.2, 0.25) is 0 Å². The van der Waals surface area contributed by atoms with E-state index < -0.39 is 29.4 Å². The maximum atomic E-state index is 14.3. The highest BCUT2D eigenvalue weighted by molar-refractivity contribution is 8.15. The first-order valence-corrected chi connectivity index (χ1v) is 9.69. The summed E-state index contributed by atoms with van der Waals surface area (Å²) in [5.74, 6) is -1.70. The molecule has 3 rings (SSSR count). The fourth-order valence-electron chi connectivity index (χ4n) is 3.03. The third kappa shape index (κ3) is 3.69. The molecule has 2 aliphatic rings. The van der Waals surface area contributed by atoms with Crippen LogP contribution in [0, 0.1) is 23.5 Å². The molecule has 0 saturated heterocycles. The predicted molar refractivity (Wildman–Crippen MR) is 97.3 cm³/mol. The molecule has 9 heteroatoms. The zero-order valence-corrected chi connectivity index (χ0v) is 16.3. The lowest BCUT2D eigenvalue weighted by atomic mass is 10.0. The molecule has 0 N–H and O–H groups in total. The Labute approximate surface area is 159 Å². The van der Waals surface area contributed by atoms with Gasteiger partial charge in [-0.25, -0.2) is 13.6 Å². The molecule has 1 heterocycles. The van der Waals surface area contributed by atoms with E-state index in [1.807, 2.05) is 6.92 Å². The van der Waals surface area contributed by atoms with Gasteiger partial charge in [0, 0.05) is 16.7 Å². The van der Waals surface area contributed by atoms with Crippen molar-refractivity contribution in [3.8, 4) is 0 Å². The highest BCUT2D eigenvalue weighted by Crippen LogP contribution is 2.60. The van der Waals surface area contributed by atoms with E-state index in [0.29, 0.717) is 0 Å². The molecular weight excluding hydrogens is 385 g/mol. The minimum atomic E-state index is -0.956. The van der Waals surface area contributed by atoms with Crippen LogP contribution < -0.4 is 0 Å². The van der Waals surface area contributed by atoms with Crippen LogP contribution in [0.25, 0.3) is 0 Å². The highest BCUT2D eigenvalue weighted by Gasteiger charge is 2.57. The lowest BCUT2D eigenvalue weighted by Gasteiger charge is -2.27. The second kappa shape index (κ2) is 6.99. The summed E-state index contributed by atoms with van der Waals surface area (Å²) in [5.41, 5.74) is -0.677. The molecule has 0 radical (unpaired) electrons. The van der Waals surface area contributed by atoms with Crippen LogP contribution >= 0.6 is 24.1 Å². The van der Waals surface area contributed by atoms with Gasteiger partial charge in [0.05, 0.1) is 6.04 Å². The molecule has 142 valence electrons. The third-order valence-corrected chi connectivity index (χ3v) is 6.41. The number of nitrogens with zero attached hydrogens (tertiary/aromatic N) is 2. The molecule has 1 aromatic carbocycles. The number of thioether (sulfide) groups is 1. The smallest absolute Gasteiger partial charge is 0.428 e. The van der Waals surface area contributed by atoms with Crippen LogP contribution in [-0.2, 0) is 4.74 Å². The van der Waals surface area contributed by atoms with Crippen LogP contribution in [0.3, 0.4) is 0 Å². The molecule has 0 bridgehead atoms. The maximum Gasteiger partial charge on any atom is 0.428 e. The lowest BCUT2D eigenvalue weighted by molar-refractivity contribution is 0.0473. The first-order chi connectivity index (χ1) is 12.1. The summed E-state index contributed by atoms with van der Waals surface area (Å²) >= 11 is 0.953. The van der Waals surface area contributed by atoms with Crippen molar-refractivity contribution < 1.29 is 22.2 Å². The Morgan fingerprint density at radius 2 is 2.04 bits per heavy atom. The van der Waals surface area contributed by atoms with Crippen molar-refractivity contribution in [3.63, 3.8) is 0 Å². The minimum absolute atomic E-state index is 0.0187. The molecule has 1 aliphatic carbocycles. The van der Waals surface area contributed by atoms with Gasteiger partial charge in [-0.05, 0) is 32.8 Å². The number of amides is 1. The average Bonchev–Trinajstić information content (AvgIpc) is 3.19. The summed E-state index contributed by atoms with van der Waals surface area (Å²) in [7, 11) is 0. The minimum Gasteiger partial charge on any atom is -0.443 e. The second-order valence-corrected chi connectivity index (χ2v) is 9.01. The van der Waals surface area contributed by atoms with E-state index >= 15 is 0 Å². The summed E-state index contributed by atoms with van der Waals surface area (Å²) < 4.78 is 47.3. The van der Waals surface area contributed by atoms with Gasteiger partial charge in [-0.15, -0.1) is 3.89 Å².